The van der Waals surface area contributed by atoms with E-state index in [-0.39, 0.29) is 22.6 Å². The first kappa shape index (κ1) is 21.2. The molecule has 1 aliphatic heterocycles. The Labute approximate surface area is 180 Å². The molecule has 1 aliphatic rings. The van der Waals surface area contributed by atoms with E-state index in [0.717, 1.165) is 29.2 Å². The van der Waals surface area contributed by atoms with E-state index in [1.54, 1.807) is 12.1 Å². The minimum absolute atomic E-state index is 0.0474. The number of hydrogen-bond donors (Lipinski definition) is 1. The second-order valence-electron chi connectivity index (χ2n) is 6.96. The fourth-order valence-electron chi connectivity index (χ4n) is 3.55. The number of carbonyl (C=O) groups excluding carboxylic acids is 2. The summed E-state index contributed by atoms with van der Waals surface area (Å²) in [5.74, 6) is -1.88. The number of alkyl halides is 3. The van der Waals surface area contributed by atoms with Crippen molar-refractivity contribution in [3.05, 3.63) is 89.4 Å². The van der Waals surface area contributed by atoms with Crippen LogP contribution in [0, 0.1) is 0 Å². The molecule has 0 radical (unpaired) electrons. The molecule has 0 spiro atoms. The fraction of sp³-hybridized carbons (Fsp3) is 0.130. The highest BCUT2D eigenvalue weighted by Gasteiger charge is 2.48. The van der Waals surface area contributed by atoms with Crippen LogP contribution in [0.25, 0.3) is 5.76 Å². The zero-order valence-electron chi connectivity index (χ0n) is 16.6. The average molecular weight is 443 g/mol. The molecule has 9 heteroatoms. The van der Waals surface area contributed by atoms with Gasteiger partial charge in [-0.2, -0.15) is 13.2 Å². The SMILES string of the molecule is COc1cccc(/C(O)=C2/C(=O)C(=O)N(c3ccc(C(F)(F)F)cc3)C2c2ccco2)c1. The second-order valence-corrected chi connectivity index (χ2v) is 6.96. The van der Waals surface area contributed by atoms with Crippen molar-refractivity contribution in [2.75, 3.05) is 12.0 Å². The smallest absolute Gasteiger partial charge is 0.416 e. The van der Waals surface area contributed by atoms with Gasteiger partial charge < -0.3 is 14.3 Å². The number of furan rings is 1. The van der Waals surface area contributed by atoms with Crippen LogP contribution in [0.4, 0.5) is 18.9 Å². The molecule has 1 saturated heterocycles. The molecule has 32 heavy (non-hydrogen) atoms. The topological polar surface area (TPSA) is 80.0 Å². The predicted molar refractivity (Wildman–Crippen MR) is 108 cm³/mol. The van der Waals surface area contributed by atoms with Gasteiger partial charge in [0, 0.05) is 11.3 Å². The Morgan fingerprint density at radius 3 is 2.38 bits per heavy atom. The highest BCUT2D eigenvalue weighted by molar-refractivity contribution is 6.51. The first-order chi connectivity index (χ1) is 15.2. The van der Waals surface area contributed by atoms with Crippen molar-refractivity contribution >= 4 is 23.1 Å². The summed E-state index contributed by atoms with van der Waals surface area (Å²) in [6.45, 7) is 0. The number of halogens is 3. The van der Waals surface area contributed by atoms with Gasteiger partial charge in [-0.3, -0.25) is 14.5 Å². The molecule has 1 fully saturated rings. The average Bonchev–Trinajstić information content (AvgIpc) is 3.40. The maximum atomic E-state index is 13.0. The summed E-state index contributed by atoms with van der Waals surface area (Å²) >= 11 is 0. The van der Waals surface area contributed by atoms with Crippen LogP contribution in [0.1, 0.15) is 22.9 Å². The molecule has 6 nitrogen and oxygen atoms in total. The zero-order chi connectivity index (χ0) is 23.0. The highest BCUT2D eigenvalue weighted by Crippen LogP contribution is 2.43. The molecule has 1 unspecified atom stereocenters. The normalized spacial score (nSPS) is 18.2. The van der Waals surface area contributed by atoms with E-state index >= 15 is 0 Å². The molecule has 1 N–H and O–H groups in total. The quantitative estimate of drug-likeness (QED) is 0.351. The molecule has 2 heterocycles. The Hall–Kier alpha value is -4.01. The number of nitrogens with zero attached hydrogens (tertiary/aromatic N) is 1. The maximum absolute atomic E-state index is 13.0. The summed E-state index contributed by atoms with van der Waals surface area (Å²) in [4.78, 5) is 26.8. The molecular formula is C23H16F3NO5. The van der Waals surface area contributed by atoms with E-state index in [1.807, 2.05) is 0 Å². The number of benzene rings is 2. The molecule has 2 aromatic carbocycles. The van der Waals surface area contributed by atoms with Gasteiger partial charge in [-0.25, -0.2) is 0 Å². The number of amides is 1. The van der Waals surface area contributed by atoms with E-state index in [9.17, 15) is 27.9 Å². The minimum atomic E-state index is -4.56. The first-order valence-electron chi connectivity index (χ1n) is 9.38. The number of ketones is 1. The van der Waals surface area contributed by atoms with Crippen molar-refractivity contribution < 1.29 is 37.0 Å². The summed E-state index contributed by atoms with van der Waals surface area (Å²) in [6, 6.07) is 11.9. The van der Waals surface area contributed by atoms with Gasteiger partial charge in [0.15, 0.2) is 0 Å². The standard InChI is InChI=1S/C23H16F3NO5/c1-31-16-5-2-4-13(12-16)20(28)18-19(17-6-3-11-32-17)27(22(30)21(18)29)15-9-7-14(8-10-15)23(24,25)26/h2-12,19,28H,1H3/b20-18-. The van der Waals surface area contributed by atoms with Gasteiger partial charge in [-0.1, -0.05) is 12.1 Å². The lowest BCUT2D eigenvalue weighted by atomic mass is 9.99. The van der Waals surface area contributed by atoms with Gasteiger partial charge in [0.25, 0.3) is 11.7 Å². The van der Waals surface area contributed by atoms with E-state index in [2.05, 4.69) is 0 Å². The number of Topliss-reactive ketones (excluding diaryl/α,β-unsaturated/α-hetero) is 1. The number of methoxy groups -OCH3 is 1. The van der Waals surface area contributed by atoms with Crippen molar-refractivity contribution in [3.63, 3.8) is 0 Å². The second kappa shape index (κ2) is 7.92. The third-order valence-corrected chi connectivity index (χ3v) is 5.07. The monoisotopic (exact) mass is 443 g/mol. The first-order valence-corrected chi connectivity index (χ1v) is 9.38. The van der Waals surface area contributed by atoms with Crippen LogP contribution in [0.3, 0.4) is 0 Å². The van der Waals surface area contributed by atoms with Gasteiger partial charge in [0.2, 0.25) is 0 Å². The van der Waals surface area contributed by atoms with Crippen molar-refractivity contribution in [1.29, 1.82) is 0 Å². The van der Waals surface area contributed by atoms with Crippen molar-refractivity contribution in [2.24, 2.45) is 0 Å². The van der Waals surface area contributed by atoms with Crippen LogP contribution in [0.5, 0.6) is 5.75 Å². The number of rotatable bonds is 4. The Morgan fingerprint density at radius 2 is 1.78 bits per heavy atom. The molecule has 1 atom stereocenters. The summed E-state index contributed by atoms with van der Waals surface area (Å²) < 4.78 is 49.4. The molecule has 1 aromatic heterocycles. The summed E-state index contributed by atoms with van der Waals surface area (Å²) in [6.07, 6.45) is -3.23. The van der Waals surface area contributed by atoms with Crippen LogP contribution in [-0.4, -0.2) is 23.9 Å². The summed E-state index contributed by atoms with van der Waals surface area (Å²) in [7, 11) is 1.44. The van der Waals surface area contributed by atoms with Crippen LogP contribution in [-0.2, 0) is 15.8 Å². The number of carbonyl (C=O) groups is 2. The molecule has 3 aromatic rings. The van der Waals surface area contributed by atoms with Crippen LogP contribution in [0.15, 0.2) is 76.9 Å². The van der Waals surface area contributed by atoms with Gasteiger partial charge >= 0.3 is 6.18 Å². The Kier molecular flexibility index (Phi) is 5.25. The maximum Gasteiger partial charge on any atom is 0.416 e. The number of ether oxygens (including phenoxy) is 1. The lowest BCUT2D eigenvalue weighted by molar-refractivity contribution is -0.137. The van der Waals surface area contributed by atoms with Crippen molar-refractivity contribution in [3.8, 4) is 5.75 Å². The fourth-order valence-corrected chi connectivity index (χ4v) is 3.55. The lowest BCUT2D eigenvalue weighted by Crippen LogP contribution is -2.29. The Morgan fingerprint density at radius 1 is 1.06 bits per heavy atom. The number of aliphatic hydroxyl groups excluding tert-OH is 1. The summed E-state index contributed by atoms with van der Waals surface area (Å²) in [5.41, 5.74) is -0.876. The lowest BCUT2D eigenvalue weighted by Gasteiger charge is -2.23. The van der Waals surface area contributed by atoms with Crippen molar-refractivity contribution in [1.82, 2.24) is 0 Å². The van der Waals surface area contributed by atoms with E-state index in [0.29, 0.717) is 5.75 Å². The molecule has 164 valence electrons. The van der Waals surface area contributed by atoms with Crippen LogP contribution >= 0.6 is 0 Å². The minimum Gasteiger partial charge on any atom is -0.507 e. The molecule has 0 bridgehead atoms. The van der Waals surface area contributed by atoms with Crippen molar-refractivity contribution in [2.45, 2.75) is 12.2 Å². The Balaban J connectivity index is 1.87. The van der Waals surface area contributed by atoms with Gasteiger partial charge in [-0.05, 0) is 48.5 Å². The van der Waals surface area contributed by atoms with Gasteiger partial charge in [-0.15, -0.1) is 0 Å². The number of anilines is 1. The Bertz CT molecular complexity index is 1200. The zero-order valence-corrected chi connectivity index (χ0v) is 16.6. The third-order valence-electron chi connectivity index (χ3n) is 5.07. The molecule has 0 aliphatic carbocycles. The van der Waals surface area contributed by atoms with Crippen LogP contribution < -0.4 is 9.64 Å². The van der Waals surface area contributed by atoms with E-state index < -0.39 is 35.2 Å². The van der Waals surface area contributed by atoms with Crippen LogP contribution in [0.2, 0.25) is 0 Å². The van der Waals surface area contributed by atoms with Gasteiger partial charge in [0.1, 0.15) is 23.3 Å². The van der Waals surface area contributed by atoms with E-state index in [1.165, 1.54) is 37.6 Å². The molecule has 0 saturated carbocycles. The third kappa shape index (κ3) is 3.62. The molecule has 1 amide bonds. The number of hydrogen-bond acceptors (Lipinski definition) is 5. The largest absolute Gasteiger partial charge is 0.507 e. The molecule has 4 rings (SSSR count). The molecular weight excluding hydrogens is 427 g/mol. The summed E-state index contributed by atoms with van der Waals surface area (Å²) in [5, 5.41) is 10.9. The predicted octanol–water partition coefficient (Wildman–Crippen LogP) is 4.93. The number of aliphatic hydroxyl groups is 1. The van der Waals surface area contributed by atoms with Gasteiger partial charge in [0.05, 0.1) is 24.5 Å². The highest BCUT2D eigenvalue weighted by atomic mass is 19.4. The van der Waals surface area contributed by atoms with E-state index in [4.69, 9.17) is 9.15 Å².